The molecular formula is C19H29NO. The highest BCUT2D eigenvalue weighted by atomic mass is 16.5. The zero-order chi connectivity index (χ0) is 14.5. The van der Waals surface area contributed by atoms with E-state index in [9.17, 15) is 0 Å². The summed E-state index contributed by atoms with van der Waals surface area (Å²) in [6.07, 6.45) is 10.5. The number of hydrogen-bond donors (Lipinski definition) is 1. The van der Waals surface area contributed by atoms with Crippen LogP contribution in [0.1, 0.15) is 56.6 Å². The molecule has 0 amide bonds. The van der Waals surface area contributed by atoms with Crippen molar-refractivity contribution in [3.8, 4) is 5.75 Å². The Kier molecular flexibility index (Phi) is 5.18. The molecule has 1 N–H and O–H groups in total. The van der Waals surface area contributed by atoms with Gasteiger partial charge in [-0.15, -0.1) is 0 Å². The summed E-state index contributed by atoms with van der Waals surface area (Å²) in [5.41, 5.74) is 2.92. The van der Waals surface area contributed by atoms with Gasteiger partial charge < -0.3 is 10.1 Å². The smallest absolute Gasteiger partial charge is 0.122 e. The van der Waals surface area contributed by atoms with Gasteiger partial charge in [-0.05, 0) is 61.8 Å². The molecular weight excluding hydrogens is 258 g/mol. The van der Waals surface area contributed by atoms with Crippen LogP contribution in [0.4, 0.5) is 0 Å². The second-order valence-electron chi connectivity index (χ2n) is 6.76. The van der Waals surface area contributed by atoms with Crippen molar-refractivity contribution in [2.24, 2.45) is 5.92 Å². The van der Waals surface area contributed by atoms with E-state index in [-0.39, 0.29) is 0 Å². The molecule has 1 saturated carbocycles. The van der Waals surface area contributed by atoms with Crippen LogP contribution >= 0.6 is 0 Å². The normalized spacial score (nSPS) is 24.6. The Hall–Kier alpha value is -1.02. The van der Waals surface area contributed by atoms with Crippen molar-refractivity contribution in [2.45, 2.75) is 64.3 Å². The van der Waals surface area contributed by atoms with Crippen LogP contribution in [0.25, 0.3) is 0 Å². The lowest BCUT2D eigenvalue weighted by Gasteiger charge is -2.30. The van der Waals surface area contributed by atoms with E-state index in [2.05, 4.69) is 30.4 Å². The predicted molar refractivity (Wildman–Crippen MR) is 88.0 cm³/mol. The summed E-state index contributed by atoms with van der Waals surface area (Å²) in [6, 6.07) is 7.58. The molecule has 116 valence electrons. The van der Waals surface area contributed by atoms with Crippen LogP contribution < -0.4 is 10.1 Å². The average Bonchev–Trinajstić information content (AvgIpc) is 2.99. The molecule has 2 heteroatoms. The maximum Gasteiger partial charge on any atom is 0.122 e. The standard InChI is InChI=1S/C19H29NO/c1-2-11-20-18-5-3-4-15(14-18)6-7-16-8-9-19-17(13-16)10-12-21-19/h8-9,13,15,18,20H,2-7,10-12,14H2,1H3. The second kappa shape index (κ2) is 7.31. The van der Waals surface area contributed by atoms with Gasteiger partial charge in [0.05, 0.1) is 6.61 Å². The van der Waals surface area contributed by atoms with E-state index in [1.807, 2.05) is 0 Å². The molecule has 0 spiro atoms. The van der Waals surface area contributed by atoms with Gasteiger partial charge in [0.25, 0.3) is 0 Å². The largest absolute Gasteiger partial charge is 0.493 e. The van der Waals surface area contributed by atoms with Gasteiger partial charge in [-0.1, -0.05) is 31.9 Å². The lowest BCUT2D eigenvalue weighted by molar-refractivity contribution is 0.274. The van der Waals surface area contributed by atoms with Gasteiger partial charge in [-0.2, -0.15) is 0 Å². The maximum absolute atomic E-state index is 5.59. The Labute approximate surface area is 129 Å². The van der Waals surface area contributed by atoms with Crippen molar-refractivity contribution in [2.75, 3.05) is 13.2 Å². The molecule has 1 aromatic carbocycles. The third-order valence-corrected chi connectivity index (χ3v) is 5.06. The highest BCUT2D eigenvalue weighted by Gasteiger charge is 2.21. The minimum atomic E-state index is 0.775. The SMILES string of the molecule is CCCNC1CCCC(CCc2ccc3c(c2)CCO3)C1. The fourth-order valence-corrected chi connectivity index (χ4v) is 3.85. The monoisotopic (exact) mass is 287 g/mol. The first-order valence-corrected chi connectivity index (χ1v) is 8.83. The molecule has 1 heterocycles. The lowest BCUT2D eigenvalue weighted by Crippen LogP contribution is -2.34. The van der Waals surface area contributed by atoms with Gasteiger partial charge in [-0.25, -0.2) is 0 Å². The number of benzene rings is 1. The number of nitrogens with one attached hydrogen (secondary N) is 1. The van der Waals surface area contributed by atoms with Gasteiger partial charge in [-0.3, -0.25) is 0 Å². The molecule has 0 radical (unpaired) electrons. The van der Waals surface area contributed by atoms with Gasteiger partial charge in [0.15, 0.2) is 0 Å². The van der Waals surface area contributed by atoms with Crippen molar-refractivity contribution < 1.29 is 4.74 Å². The predicted octanol–water partition coefficient (Wildman–Crippen LogP) is 4.11. The Balaban J connectivity index is 1.48. The molecule has 2 nitrogen and oxygen atoms in total. The van der Waals surface area contributed by atoms with Crippen LogP contribution in [0.3, 0.4) is 0 Å². The first kappa shape index (κ1) is 14.9. The van der Waals surface area contributed by atoms with Gasteiger partial charge in [0, 0.05) is 12.5 Å². The first-order chi connectivity index (χ1) is 10.3. The van der Waals surface area contributed by atoms with E-state index in [0.29, 0.717) is 0 Å². The average molecular weight is 287 g/mol. The van der Waals surface area contributed by atoms with Crippen LogP contribution in [0.5, 0.6) is 5.75 Å². The minimum absolute atomic E-state index is 0.775. The Morgan fingerprint density at radius 3 is 3.14 bits per heavy atom. The van der Waals surface area contributed by atoms with E-state index in [1.165, 1.54) is 62.6 Å². The van der Waals surface area contributed by atoms with Crippen molar-refractivity contribution in [3.05, 3.63) is 29.3 Å². The molecule has 3 rings (SSSR count). The quantitative estimate of drug-likeness (QED) is 0.850. The van der Waals surface area contributed by atoms with Gasteiger partial charge in [0.2, 0.25) is 0 Å². The highest BCUT2D eigenvalue weighted by Crippen LogP contribution is 2.30. The summed E-state index contributed by atoms with van der Waals surface area (Å²) in [7, 11) is 0. The van der Waals surface area contributed by atoms with E-state index < -0.39 is 0 Å². The zero-order valence-corrected chi connectivity index (χ0v) is 13.4. The van der Waals surface area contributed by atoms with Gasteiger partial charge >= 0.3 is 0 Å². The van der Waals surface area contributed by atoms with Crippen LogP contribution in [-0.4, -0.2) is 19.2 Å². The molecule has 1 aliphatic carbocycles. The Morgan fingerprint density at radius 1 is 1.29 bits per heavy atom. The van der Waals surface area contributed by atoms with E-state index in [1.54, 1.807) is 0 Å². The van der Waals surface area contributed by atoms with E-state index in [0.717, 1.165) is 30.7 Å². The topological polar surface area (TPSA) is 21.3 Å². The number of aryl methyl sites for hydroxylation is 1. The molecule has 2 aliphatic rings. The number of fused-ring (bicyclic) bond motifs is 1. The van der Waals surface area contributed by atoms with Crippen molar-refractivity contribution in [3.63, 3.8) is 0 Å². The molecule has 0 aromatic heterocycles. The van der Waals surface area contributed by atoms with Crippen LogP contribution in [0, 0.1) is 5.92 Å². The number of hydrogen-bond acceptors (Lipinski definition) is 2. The summed E-state index contributed by atoms with van der Waals surface area (Å²) in [6.45, 7) is 4.30. The third-order valence-electron chi connectivity index (χ3n) is 5.06. The fraction of sp³-hybridized carbons (Fsp3) is 0.684. The summed E-state index contributed by atoms with van der Waals surface area (Å²) < 4.78 is 5.59. The number of rotatable bonds is 6. The summed E-state index contributed by atoms with van der Waals surface area (Å²) in [5.74, 6) is 2.03. The zero-order valence-electron chi connectivity index (χ0n) is 13.4. The summed E-state index contributed by atoms with van der Waals surface area (Å²) >= 11 is 0. The summed E-state index contributed by atoms with van der Waals surface area (Å²) in [5, 5.41) is 3.72. The van der Waals surface area contributed by atoms with Gasteiger partial charge in [0.1, 0.15) is 5.75 Å². The molecule has 2 unspecified atom stereocenters. The maximum atomic E-state index is 5.59. The van der Waals surface area contributed by atoms with Crippen molar-refractivity contribution in [1.29, 1.82) is 0 Å². The lowest BCUT2D eigenvalue weighted by atomic mass is 9.82. The fourth-order valence-electron chi connectivity index (χ4n) is 3.85. The van der Waals surface area contributed by atoms with Crippen LogP contribution in [0.15, 0.2) is 18.2 Å². The van der Waals surface area contributed by atoms with E-state index >= 15 is 0 Å². The van der Waals surface area contributed by atoms with Crippen LogP contribution in [-0.2, 0) is 12.8 Å². The third kappa shape index (κ3) is 4.00. The number of ether oxygens (including phenoxy) is 1. The molecule has 21 heavy (non-hydrogen) atoms. The Bertz CT molecular complexity index is 457. The molecule has 1 aromatic rings. The Morgan fingerprint density at radius 2 is 2.24 bits per heavy atom. The molecule has 2 atom stereocenters. The molecule has 0 bridgehead atoms. The molecule has 1 aliphatic heterocycles. The minimum Gasteiger partial charge on any atom is -0.493 e. The molecule has 0 saturated heterocycles. The van der Waals surface area contributed by atoms with Crippen LogP contribution in [0.2, 0.25) is 0 Å². The highest BCUT2D eigenvalue weighted by molar-refractivity contribution is 5.39. The second-order valence-corrected chi connectivity index (χ2v) is 6.76. The molecule has 1 fully saturated rings. The first-order valence-electron chi connectivity index (χ1n) is 8.83. The van der Waals surface area contributed by atoms with E-state index in [4.69, 9.17) is 4.74 Å². The summed E-state index contributed by atoms with van der Waals surface area (Å²) in [4.78, 5) is 0. The van der Waals surface area contributed by atoms with Crippen molar-refractivity contribution >= 4 is 0 Å². The van der Waals surface area contributed by atoms with Crippen molar-refractivity contribution in [1.82, 2.24) is 5.32 Å².